The van der Waals surface area contributed by atoms with Gasteiger partial charge in [0.05, 0.1) is 32.8 Å². The number of nitrogens with one attached hydrogen (secondary N) is 2. The number of alkyl halides is 3. The second-order valence-electron chi connectivity index (χ2n) is 5.58. The molecule has 0 radical (unpaired) electrons. The molecule has 1 unspecified atom stereocenters. The quantitative estimate of drug-likeness (QED) is 0.837. The molecule has 1 heterocycles. The van der Waals surface area contributed by atoms with Crippen LogP contribution in [0.5, 0.6) is 0 Å². The largest absolute Gasteiger partial charge is 0.417 e. The van der Waals surface area contributed by atoms with Crippen molar-refractivity contribution in [2.24, 2.45) is 0 Å². The number of benzene rings is 1. The second-order valence-corrected chi connectivity index (χ2v) is 6.99. The fraction of sp³-hybridized carbons (Fsp3) is 0.400. The van der Waals surface area contributed by atoms with Crippen LogP contribution in [0, 0.1) is 0 Å². The molecule has 1 atom stereocenters. The zero-order valence-electron chi connectivity index (χ0n) is 13.1. The molecular formula is C15H17ClF3N3OS. The molecule has 2 bridgehead atoms. The molecule has 0 aliphatic carbocycles. The summed E-state index contributed by atoms with van der Waals surface area (Å²) in [7, 11) is 3.71. The first-order valence-corrected chi connectivity index (χ1v) is 8.41. The Morgan fingerprint density at radius 1 is 1.54 bits per heavy atom. The first kappa shape index (κ1) is 19.0. The molecule has 9 heteroatoms. The molecule has 2 rings (SSSR count). The van der Waals surface area contributed by atoms with Gasteiger partial charge in [-0.15, -0.1) is 11.8 Å². The van der Waals surface area contributed by atoms with E-state index in [1.807, 2.05) is 19.0 Å². The van der Waals surface area contributed by atoms with Crippen molar-refractivity contribution < 1.29 is 18.0 Å². The molecule has 1 aromatic rings. The molecule has 1 aliphatic heterocycles. The molecule has 4 nitrogen and oxygen atoms in total. The second kappa shape index (κ2) is 7.25. The van der Waals surface area contributed by atoms with E-state index in [1.54, 1.807) is 0 Å². The van der Waals surface area contributed by atoms with Gasteiger partial charge in [-0.3, -0.25) is 4.79 Å². The minimum absolute atomic E-state index is 0.0995. The molecule has 2 N–H and O–H groups in total. The fourth-order valence-electron chi connectivity index (χ4n) is 2.43. The van der Waals surface area contributed by atoms with Crippen molar-refractivity contribution in [2.75, 3.05) is 31.7 Å². The predicted octanol–water partition coefficient (Wildman–Crippen LogP) is 3.68. The highest BCUT2D eigenvalue weighted by Crippen LogP contribution is 2.45. The van der Waals surface area contributed by atoms with Crippen molar-refractivity contribution >= 4 is 35.0 Å². The molecular weight excluding hydrogens is 363 g/mol. The average Bonchev–Trinajstić information content (AvgIpc) is 2.43. The lowest BCUT2D eigenvalue weighted by molar-refractivity contribution is -0.137. The molecule has 0 saturated carbocycles. The van der Waals surface area contributed by atoms with E-state index in [2.05, 4.69) is 17.2 Å². The van der Waals surface area contributed by atoms with E-state index in [0.29, 0.717) is 12.3 Å². The zero-order valence-corrected chi connectivity index (χ0v) is 14.7. The van der Waals surface area contributed by atoms with Gasteiger partial charge in [-0.05, 0) is 26.4 Å². The smallest absolute Gasteiger partial charge is 0.361 e. The Kier molecular flexibility index (Phi) is 5.72. The van der Waals surface area contributed by atoms with Gasteiger partial charge < -0.3 is 15.5 Å². The molecule has 1 amide bonds. The molecule has 0 saturated heterocycles. The highest BCUT2D eigenvalue weighted by Gasteiger charge is 2.38. The Balaban J connectivity index is 2.58. The summed E-state index contributed by atoms with van der Waals surface area (Å²) in [5.74, 6) is -0.175. The highest BCUT2D eigenvalue weighted by molar-refractivity contribution is 7.99. The normalized spacial score (nSPS) is 18.0. The SMILES string of the molecule is C=CNc1c2cc(C(F)(F)F)c(Cl)c1SCC(CN(C)C)NC2=O. The number of halogens is 4. The third-order valence-electron chi connectivity index (χ3n) is 3.37. The van der Waals surface area contributed by atoms with Crippen LogP contribution in [0.2, 0.25) is 5.02 Å². The summed E-state index contributed by atoms with van der Waals surface area (Å²) in [4.78, 5) is 14.6. The maximum absolute atomic E-state index is 13.2. The lowest BCUT2D eigenvalue weighted by atomic mass is 10.1. The van der Waals surface area contributed by atoms with E-state index in [1.165, 1.54) is 18.0 Å². The van der Waals surface area contributed by atoms with Crippen LogP contribution in [0.3, 0.4) is 0 Å². The van der Waals surface area contributed by atoms with Crippen molar-refractivity contribution in [1.82, 2.24) is 10.2 Å². The van der Waals surface area contributed by atoms with Crippen LogP contribution in [0.1, 0.15) is 15.9 Å². The molecule has 0 aromatic heterocycles. The number of hydrogen-bond acceptors (Lipinski definition) is 4. The van der Waals surface area contributed by atoms with Crippen LogP contribution in [-0.4, -0.2) is 43.2 Å². The first-order chi connectivity index (χ1) is 11.1. The van der Waals surface area contributed by atoms with Crippen molar-refractivity contribution in [3.63, 3.8) is 0 Å². The minimum Gasteiger partial charge on any atom is -0.361 e. The van der Waals surface area contributed by atoms with Gasteiger partial charge in [-0.1, -0.05) is 18.2 Å². The highest BCUT2D eigenvalue weighted by atomic mass is 35.5. The predicted molar refractivity (Wildman–Crippen MR) is 90.8 cm³/mol. The standard InChI is InChI=1S/C15H17ClF3N3OS/c1-4-20-12-9-5-10(15(17,18)19)11(16)13(12)24-7-8(6-22(2)3)21-14(9)23/h4-5,8,20H,1,6-7H2,2-3H3,(H,21,23). The topological polar surface area (TPSA) is 44.4 Å². The lowest BCUT2D eigenvalue weighted by Crippen LogP contribution is -2.44. The zero-order chi connectivity index (χ0) is 18.1. The van der Waals surface area contributed by atoms with E-state index >= 15 is 0 Å². The van der Waals surface area contributed by atoms with Crippen molar-refractivity contribution in [2.45, 2.75) is 17.1 Å². The average molecular weight is 380 g/mol. The summed E-state index contributed by atoms with van der Waals surface area (Å²) in [5.41, 5.74) is -0.871. The van der Waals surface area contributed by atoms with Gasteiger partial charge >= 0.3 is 6.18 Å². The number of thioether (sulfide) groups is 1. The number of likely N-dealkylation sites (N-methyl/N-ethyl adjacent to an activating group) is 1. The van der Waals surface area contributed by atoms with E-state index in [4.69, 9.17) is 11.6 Å². The van der Waals surface area contributed by atoms with Gasteiger partial charge in [-0.25, -0.2) is 0 Å². The molecule has 0 fully saturated rings. The molecule has 132 valence electrons. The summed E-state index contributed by atoms with van der Waals surface area (Å²) in [6, 6.07) is 0.573. The Labute approximate surface area is 147 Å². The maximum atomic E-state index is 13.2. The van der Waals surface area contributed by atoms with Crippen molar-refractivity contribution in [3.05, 3.63) is 35.0 Å². The number of anilines is 1. The Morgan fingerprint density at radius 3 is 2.75 bits per heavy atom. The van der Waals surface area contributed by atoms with Crippen LogP contribution >= 0.6 is 23.4 Å². The number of hydrogen-bond donors (Lipinski definition) is 2. The van der Waals surface area contributed by atoms with Crippen LogP contribution in [-0.2, 0) is 6.18 Å². The third kappa shape index (κ3) is 3.99. The van der Waals surface area contributed by atoms with Crippen LogP contribution in [0.25, 0.3) is 0 Å². The summed E-state index contributed by atoms with van der Waals surface area (Å²) >= 11 is 7.19. The molecule has 0 spiro atoms. The number of carbonyl (C=O) groups is 1. The van der Waals surface area contributed by atoms with E-state index < -0.39 is 22.7 Å². The van der Waals surface area contributed by atoms with E-state index in [9.17, 15) is 18.0 Å². The van der Waals surface area contributed by atoms with Crippen molar-refractivity contribution in [3.8, 4) is 0 Å². The van der Waals surface area contributed by atoms with Gasteiger partial charge in [0, 0.05) is 12.3 Å². The lowest BCUT2D eigenvalue weighted by Gasteiger charge is -2.27. The molecule has 1 aliphatic rings. The van der Waals surface area contributed by atoms with Crippen LogP contribution in [0.4, 0.5) is 18.9 Å². The fourth-order valence-corrected chi connectivity index (χ4v) is 3.95. The number of fused-ring (bicyclic) bond motifs is 2. The van der Waals surface area contributed by atoms with E-state index in [-0.39, 0.29) is 22.2 Å². The van der Waals surface area contributed by atoms with Crippen LogP contribution < -0.4 is 10.6 Å². The Morgan fingerprint density at radius 2 is 2.21 bits per heavy atom. The third-order valence-corrected chi connectivity index (χ3v) is 5.14. The van der Waals surface area contributed by atoms with Gasteiger partial charge in [0.2, 0.25) is 0 Å². The minimum atomic E-state index is -4.64. The molecule has 1 aromatic carbocycles. The Bertz CT molecular complexity index is 664. The first-order valence-electron chi connectivity index (χ1n) is 7.04. The van der Waals surface area contributed by atoms with Gasteiger partial charge in [0.25, 0.3) is 5.91 Å². The van der Waals surface area contributed by atoms with Gasteiger partial charge in [0.15, 0.2) is 0 Å². The summed E-state index contributed by atoms with van der Waals surface area (Å²) < 4.78 is 39.7. The van der Waals surface area contributed by atoms with Gasteiger partial charge in [-0.2, -0.15) is 13.2 Å². The monoisotopic (exact) mass is 379 g/mol. The number of nitrogens with zero attached hydrogens (tertiary/aromatic N) is 1. The Hall–Kier alpha value is -1.38. The maximum Gasteiger partial charge on any atom is 0.417 e. The summed E-state index contributed by atoms with van der Waals surface area (Å²) in [6.07, 6.45) is -3.34. The summed E-state index contributed by atoms with van der Waals surface area (Å²) in [6.45, 7) is 4.07. The van der Waals surface area contributed by atoms with Crippen molar-refractivity contribution in [1.29, 1.82) is 0 Å². The number of rotatable bonds is 4. The molecule has 24 heavy (non-hydrogen) atoms. The number of amides is 1. The van der Waals surface area contributed by atoms with E-state index in [0.717, 1.165) is 6.07 Å². The van der Waals surface area contributed by atoms with Crippen LogP contribution in [0.15, 0.2) is 23.7 Å². The summed E-state index contributed by atoms with van der Waals surface area (Å²) in [5, 5.41) is 5.11. The van der Waals surface area contributed by atoms with Gasteiger partial charge in [0.1, 0.15) is 0 Å². The number of carbonyl (C=O) groups excluding carboxylic acids is 1.